The molecule has 2 aromatic rings. The average molecular weight is 429 g/mol. The van der Waals surface area contributed by atoms with Crippen LogP contribution in [0.2, 0.25) is 5.02 Å². The van der Waals surface area contributed by atoms with Crippen LogP contribution in [-0.4, -0.2) is 60.2 Å². The van der Waals surface area contributed by atoms with E-state index in [0.29, 0.717) is 13.2 Å². The number of amides is 1. The molecule has 0 N–H and O–H groups in total. The van der Waals surface area contributed by atoms with E-state index in [1.165, 1.54) is 11.1 Å². The molecule has 1 aromatic heterocycles. The summed E-state index contributed by atoms with van der Waals surface area (Å²) >= 11 is 6.06. The molecule has 4 rings (SSSR count). The van der Waals surface area contributed by atoms with Gasteiger partial charge in [-0.3, -0.25) is 4.79 Å². The fourth-order valence-electron chi connectivity index (χ4n) is 4.31. The largest absolute Gasteiger partial charge is 0.381 e. The molecule has 2 fully saturated rings. The molecule has 0 spiro atoms. The normalized spacial score (nSPS) is 19.4. The van der Waals surface area contributed by atoms with Gasteiger partial charge in [0.25, 0.3) is 0 Å². The van der Waals surface area contributed by atoms with Crippen LogP contribution in [0.4, 0.5) is 5.82 Å². The fraction of sp³-hybridized carbons (Fsp3) is 0.522. The molecule has 7 heteroatoms. The summed E-state index contributed by atoms with van der Waals surface area (Å²) in [5.74, 6) is 2.07. The van der Waals surface area contributed by atoms with Crippen LogP contribution in [0, 0.1) is 12.8 Å². The molecule has 0 saturated carbocycles. The summed E-state index contributed by atoms with van der Waals surface area (Å²) in [6.45, 7) is 8.37. The van der Waals surface area contributed by atoms with Gasteiger partial charge in [-0.2, -0.15) is 0 Å². The Balaban J connectivity index is 1.54. The lowest BCUT2D eigenvalue weighted by Crippen LogP contribution is -2.51. The van der Waals surface area contributed by atoms with Gasteiger partial charge in [0, 0.05) is 55.5 Å². The maximum atomic E-state index is 12.7. The van der Waals surface area contributed by atoms with Gasteiger partial charge < -0.3 is 14.5 Å². The maximum absolute atomic E-state index is 12.7. The molecule has 3 heterocycles. The molecule has 0 radical (unpaired) electrons. The molecule has 1 amide bonds. The fourth-order valence-corrected chi connectivity index (χ4v) is 4.43. The molecular formula is C23H29ClN4O2. The smallest absolute Gasteiger partial charge is 0.228 e. The number of aromatic nitrogens is 2. The molecule has 1 aromatic carbocycles. The summed E-state index contributed by atoms with van der Waals surface area (Å²) in [4.78, 5) is 26.6. The van der Waals surface area contributed by atoms with E-state index in [1.54, 1.807) is 0 Å². The highest BCUT2D eigenvalue weighted by atomic mass is 35.5. The number of benzene rings is 1. The van der Waals surface area contributed by atoms with E-state index in [1.807, 2.05) is 24.0 Å². The molecule has 2 saturated heterocycles. The van der Waals surface area contributed by atoms with E-state index in [9.17, 15) is 4.79 Å². The maximum Gasteiger partial charge on any atom is 0.228 e. The van der Waals surface area contributed by atoms with E-state index >= 15 is 0 Å². The van der Waals surface area contributed by atoms with Gasteiger partial charge in [0.2, 0.25) is 5.91 Å². The molecule has 0 bridgehead atoms. The Hall–Kier alpha value is -2.18. The minimum absolute atomic E-state index is 0.0324. The number of hydrogen-bond donors (Lipinski definition) is 0. The third kappa shape index (κ3) is 4.60. The van der Waals surface area contributed by atoms with Crippen LogP contribution in [0.5, 0.6) is 0 Å². The number of carbonyl (C=O) groups is 1. The van der Waals surface area contributed by atoms with Crippen molar-refractivity contribution in [1.29, 1.82) is 0 Å². The Morgan fingerprint density at radius 3 is 2.53 bits per heavy atom. The van der Waals surface area contributed by atoms with Gasteiger partial charge in [-0.15, -0.1) is 0 Å². The quantitative estimate of drug-likeness (QED) is 0.731. The first-order valence-corrected chi connectivity index (χ1v) is 11.1. The zero-order chi connectivity index (χ0) is 21.1. The number of carbonyl (C=O) groups excluding carboxylic acids is 1. The van der Waals surface area contributed by atoms with Gasteiger partial charge in [-0.05, 0) is 37.5 Å². The third-order valence-corrected chi connectivity index (χ3v) is 6.23. The number of halogens is 1. The highest BCUT2D eigenvalue weighted by Crippen LogP contribution is 2.27. The van der Waals surface area contributed by atoms with E-state index in [2.05, 4.69) is 24.0 Å². The lowest BCUT2D eigenvalue weighted by Gasteiger charge is -2.37. The van der Waals surface area contributed by atoms with Gasteiger partial charge in [0.05, 0.1) is 12.5 Å². The van der Waals surface area contributed by atoms with Gasteiger partial charge in [0.15, 0.2) is 0 Å². The summed E-state index contributed by atoms with van der Waals surface area (Å²) < 4.78 is 5.39. The predicted molar refractivity (Wildman–Crippen MR) is 118 cm³/mol. The van der Waals surface area contributed by atoms with Crippen molar-refractivity contribution >= 4 is 23.3 Å². The van der Waals surface area contributed by atoms with Crippen molar-refractivity contribution in [1.82, 2.24) is 14.9 Å². The molecule has 0 aliphatic carbocycles. The summed E-state index contributed by atoms with van der Waals surface area (Å²) in [7, 11) is 0. The van der Waals surface area contributed by atoms with Gasteiger partial charge >= 0.3 is 0 Å². The predicted octanol–water partition coefficient (Wildman–Crippen LogP) is 3.28. The highest BCUT2D eigenvalue weighted by Gasteiger charge is 2.31. The summed E-state index contributed by atoms with van der Waals surface area (Å²) in [6, 6.07) is 7.97. The van der Waals surface area contributed by atoms with Gasteiger partial charge in [-0.1, -0.05) is 30.7 Å². The number of anilines is 1. The molecule has 0 unspecified atom stereocenters. The minimum atomic E-state index is 0.0324. The Kier molecular flexibility index (Phi) is 6.54. The highest BCUT2D eigenvalue weighted by molar-refractivity contribution is 6.30. The van der Waals surface area contributed by atoms with Crippen LogP contribution in [0.3, 0.4) is 0 Å². The monoisotopic (exact) mass is 428 g/mol. The standard InChI is InChI=1S/C23H29ClN4O2/c1-3-21-20(14-17-4-6-19(24)7-5-17)22(26-16(2)25-21)27-9-11-28(12-10-27)23(29)18-8-13-30-15-18/h4-7,18H,3,8-15H2,1-2H3/t18-/m1/s1. The van der Waals surface area contributed by atoms with Crippen molar-refractivity contribution < 1.29 is 9.53 Å². The number of ether oxygens (including phenoxy) is 1. The van der Waals surface area contributed by atoms with Gasteiger partial charge in [0.1, 0.15) is 11.6 Å². The second-order valence-electron chi connectivity index (χ2n) is 8.05. The van der Waals surface area contributed by atoms with E-state index in [0.717, 1.165) is 67.8 Å². The van der Waals surface area contributed by atoms with Crippen molar-refractivity contribution in [3.8, 4) is 0 Å². The van der Waals surface area contributed by atoms with Crippen LogP contribution < -0.4 is 4.90 Å². The van der Waals surface area contributed by atoms with Crippen molar-refractivity contribution in [2.24, 2.45) is 5.92 Å². The van der Waals surface area contributed by atoms with E-state index in [-0.39, 0.29) is 11.8 Å². The molecule has 2 aliphatic heterocycles. The van der Waals surface area contributed by atoms with Gasteiger partial charge in [-0.25, -0.2) is 9.97 Å². The SMILES string of the molecule is CCc1nc(C)nc(N2CCN(C(=O)[C@@H]3CCOC3)CC2)c1Cc1ccc(Cl)cc1. The van der Waals surface area contributed by atoms with Crippen molar-refractivity contribution in [2.45, 2.75) is 33.1 Å². The Labute approximate surface area is 183 Å². The molecule has 1 atom stereocenters. The van der Waals surface area contributed by atoms with Crippen molar-refractivity contribution in [2.75, 3.05) is 44.3 Å². The van der Waals surface area contributed by atoms with Crippen molar-refractivity contribution in [3.63, 3.8) is 0 Å². The second kappa shape index (κ2) is 9.31. The lowest BCUT2D eigenvalue weighted by molar-refractivity contribution is -0.135. The first kappa shape index (κ1) is 21.1. The third-order valence-electron chi connectivity index (χ3n) is 5.98. The van der Waals surface area contributed by atoms with Crippen molar-refractivity contribution in [3.05, 3.63) is 51.9 Å². The minimum Gasteiger partial charge on any atom is -0.381 e. The summed E-state index contributed by atoms with van der Waals surface area (Å²) in [5, 5.41) is 0.739. The molecular weight excluding hydrogens is 400 g/mol. The lowest BCUT2D eigenvalue weighted by atomic mass is 10.0. The van der Waals surface area contributed by atoms with Crippen LogP contribution in [-0.2, 0) is 22.4 Å². The van der Waals surface area contributed by atoms with Crippen LogP contribution >= 0.6 is 11.6 Å². The molecule has 2 aliphatic rings. The zero-order valence-corrected chi connectivity index (χ0v) is 18.5. The Bertz CT molecular complexity index is 889. The Morgan fingerprint density at radius 2 is 1.90 bits per heavy atom. The van der Waals surface area contributed by atoms with Crippen LogP contribution in [0.1, 0.15) is 36.0 Å². The molecule has 30 heavy (non-hydrogen) atoms. The number of piperazine rings is 1. The Morgan fingerprint density at radius 1 is 1.17 bits per heavy atom. The van der Waals surface area contributed by atoms with E-state index < -0.39 is 0 Å². The topological polar surface area (TPSA) is 58.6 Å². The second-order valence-corrected chi connectivity index (χ2v) is 8.49. The summed E-state index contributed by atoms with van der Waals surface area (Å²) in [5.41, 5.74) is 3.46. The number of nitrogens with zero attached hydrogens (tertiary/aromatic N) is 4. The summed E-state index contributed by atoms with van der Waals surface area (Å²) in [6.07, 6.45) is 2.48. The number of hydrogen-bond acceptors (Lipinski definition) is 5. The molecule has 160 valence electrons. The zero-order valence-electron chi connectivity index (χ0n) is 17.7. The first-order valence-electron chi connectivity index (χ1n) is 10.8. The molecule has 6 nitrogen and oxygen atoms in total. The number of aryl methyl sites for hydroxylation is 2. The average Bonchev–Trinajstić information content (AvgIpc) is 3.30. The van der Waals surface area contributed by atoms with Crippen LogP contribution in [0.25, 0.3) is 0 Å². The van der Waals surface area contributed by atoms with E-state index in [4.69, 9.17) is 26.3 Å². The number of rotatable bonds is 5. The first-order chi connectivity index (χ1) is 14.5. The van der Waals surface area contributed by atoms with Crippen LogP contribution in [0.15, 0.2) is 24.3 Å².